The third-order valence-corrected chi connectivity index (χ3v) is 3.51. The molecule has 0 aromatic carbocycles. The number of carboxylic acids is 1. The average Bonchev–Trinajstić information content (AvgIpc) is 2.25. The summed E-state index contributed by atoms with van der Waals surface area (Å²) < 4.78 is 0. The van der Waals surface area contributed by atoms with Crippen LogP contribution in [0.4, 0.5) is 0 Å². The number of likely N-dealkylation sites (tertiary alicyclic amines) is 1. The first-order valence-electron chi connectivity index (χ1n) is 6.42. The normalized spacial score (nSPS) is 25.1. The molecule has 1 aliphatic heterocycles. The van der Waals surface area contributed by atoms with Gasteiger partial charge in [-0.1, -0.05) is 20.8 Å². The van der Waals surface area contributed by atoms with Gasteiger partial charge in [-0.15, -0.1) is 0 Å². The molecular formula is C13H23NO3. The summed E-state index contributed by atoms with van der Waals surface area (Å²) in [5.74, 6) is -0.248. The Morgan fingerprint density at radius 2 is 2.06 bits per heavy atom. The van der Waals surface area contributed by atoms with E-state index < -0.39 is 5.97 Å². The first-order valence-corrected chi connectivity index (χ1v) is 6.42. The van der Waals surface area contributed by atoms with Crippen molar-refractivity contribution in [1.29, 1.82) is 0 Å². The van der Waals surface area contributed by atoms with E-state index in [1.165, 1.54) is 0 Å². The maximum Gasteiger partial charge on any atom is 0.306 e. The number of piperidine rings is 1. The Morgan fingerprint density at radius 3 is 2.53 bits per heavy atom. The highest BCUT2D eigenvalue weighted by Gasteiger charge is 2.32. The Morgan fingerprint density at radius 1 is 1.41 bits per heavy atom. The van der Waals surface area contributed by atoms with Crippen LogP contribution in [0.2, 0.25) is 0 Å². The third kappa shape index (κ3) is 4.02. The van der Waals surface area contributed by atoms with E-state index in [4.69, 9.17) is 5.11 Å². The van der Waals surface area contributed by atoms with Crippen LogP contribution < -0.4 is 0 Å². The maximum absolute atomic E-state index is 11.9. The Balaban J connectivity index is 2.43. The first kappa shape index (κ1) is 14.0. The second kappa shape index (κ2) is 6.03. The van der Waals surface area contributed by atoms with E-state index in [1.807, 2.05) is 11.8 Å². The van der Waals surface area contributed by atoms with Crippen molar-refractivity contribution in [3.63, 3.8) is 0 Å². The molecule has 2 atom stereocenters. The van der Waals surface area contributed by atoms with E-state index >= 15 is 0 Å². The molecule has 1 saturated heterocycles. The maximum atomic E-state index is 11.9. The van der Waals surface area contributed by atoms with Gasteiger partial charge in [0, 0.05) is 19.5 Å². The van der Waals surface area contributed by atoms with E-state index in [2.05, 4.69) is 13.8 Å². The number of amides is 1. The third-order valence-electron chi connectivity index (χ3n) is 3.51. The molecule has 0 aromatic rings. The van der Waals surface area contributed by atoms with Gasteiger partial charge in [0.2, 0.25) is 5.91 Å². The molecule has 1 amide bonds. The molecule has 1 N–H and O–H groups in total. The van der Waals surface area contributed by atoms with Crippen LogP contribution in [-0.4, -0.2) is 35.0 Å². The molecule has 4 nitrogen and oxygen atoms in total. The van der Waals surface area contributed by atoms with E-state index in [0.717, 1.165) is 6.42 Å². The lowest BCUT2D eigenvalue weighted by Crippen LogP contribution is -2.45. The van der Waals surface area contributed by atoms with Gasteiger partial charge in [-0.25, -0.2) is 0 Å². The minimum atomic E-state index is -0.730. The lowest BCUT2D eigenvalue weighted by Gasteiger charge is -2.35. The predicted molar refractivity (Wildman–Crippen MR) is 65.6 cm³/mol. The van der Waals surface area contributed by atoms with Gasteiger partial charge in [0.05, 0.1) is 5.92 Å². The Hall–Kier alpha value is -1.06. The molecular weight excluding hydrogens is 218 g/mol. The minimum Gasteiger partial charge on any atom is -0.481 e. The fraction of sp³-hybridized carbons (Fsp3) is 0.846. The van der Waals surface area contributed by atoms with Crippen molar-refractivity contribution in [3.05, 3.63) is 0 Å². The van der Waals surface area contributed by atoms with E-state index in [0.29, 0.717) is 31.8 Å². The van der Waals surface area contributed by atoms with Gasteiger partial charge in [-0.3, -0.25) is 9.59 Å². The summed E-state index contributed by atoms with van der Waals surface area (Å²) in [5.41, 5.74) is 0. The standard InChI is InChI=1S/C13H23NO3/c1-9(2)4-5-12(15)14-7-6-11(13(16)17)10(3)8-14/h9-11H,4-8H2,1-3H3,(H,16,17). The summed E-state index contributed by atoms with van der Waals surface area (Å²) >= 11 is 0. The molecule has 2 unspecified atom stereocenters. The van der Waals surface area contributed by atoms with Crippen molar-refractivity contribution in [2.45, 2.75) is 40.0 Å². The summed E-state index contributed by atoms with van der Waals surface area (Å²) in [6, 6.07) is 0. The van der Waals surface area contributed by atoms with Crippen molar-refractivity contribution in [1.82, 2.24) is 4.90 Å². The summed E-state index contributed by atoms with van der Waals surface area (Å²) in [6.07, 6.45) is 2.08. The molecule has 4 heteroatoms. The van der Waals surface area contributed by atoms with Crippen molar-refractivity contribution >= 4 is 11.9 Å². The van der Waals surface area contributed by atoms with Gasteiger partial charge in [0.15, 0.2) is 0 Å². The van der Waals surface area contributed by atoms with Crippen LogP contribution in [0.25, 0.3) is 0 Å². The molecule has 1 heterocycles. The molecule has 0 spiro atoms. The predicted octanol–water partition coefficient (Wildman–Crippen LogP) is 1.99. The highest BCUT2D eigenvalue weighted by Crippen LogP contribution is 2.24. The van der Waals surface area contributed by atoms with Crippen LogP contribution in [0, 0.1) is 17.8 Å². The first-order chi connectivity index (χ1) is 7.91. The van der Waals surface area contributed by atoms with Gasteiger partial charge >= 0.3 is 5.97 Å². The number of hydrogen-bond donors (Lipinski definition) is 1. The topological polar surface area (TPSA) is 57.6 Å². The van der Waals surface area contributed by atoms with E-state index in [1.54, 1.807) is 0 Å². The largest absolute Gasteiger partial charge is 0.481 e. The number of rotatable bonds is 4. The zero-order valence-corrected chi connectivity index (χ0v) is 11.0. The van der Waals surface area contributed by atoms with Crippen molar-refractivity contribution < 1.29 is 14.7 Å². The molecule has 1 rings (SSSR count). The van der Waals surface area contributed by atoms with E-state index in [-0.39, 0.29) is 17.7 Å². The number of aliphatic carboxylic acids is 1. The number of carbonyl (C=O) groups is 2. The van der Waals surface area contributed by atoms with Crippen LogP contribution in [0.5, 0.6) is 0 Å². The molecule has 0 saturated carbocycles. The summed E-state index contributed by atoms with van der Waals surface area (Å²) in [4.78, 5) is 24.7. The Labute approximate surface area is 103 Å². The molecule has 0 aromatic heterocycles. The SMILES string of the molecule is CC(C)CCC(=O)N1CCC(C(=O)O)C(C)C1. The van der Waals surface area contributed by atoms with Crippen molar-refractivity contribution in [2.75, 3.05) is 13.1 Å². The zero-order valence-electron chi connectivity index (χ0n) is 11.0. The molecule has 0 aliphatic carbocycles. The van der Waals surface area contributed by atoms with Crippen LogP contribution in [0.15, 0.2) is 0 Å². The molecule has 17 heavy (non-hydrogen) atoms. The molecule has 0 radical (unpaired) electrons. The summed E-state index contributed by atoms with van der Waals surface area (Å²) in [7, 11) is 0. The molecule has 0 bridgehead atoms. The smallest absolute Gasteiger partial charge is 0.306 e. The summed E-state index contributed by atoms with van der Waals surface area (Å²) in [6.45, 7) is 7.31. The fourth-order valence-electron chi connectivity index (χ4n) is 2.31. The quantitative estimate of drug-likeness (QED) is 0.819. The van der Waals surface area contributed by atoms with Crippen LogP contribution in [-0.2, 0) is 9.59 Å². The highest BCUT2D eigenvalue weighted by atomic mass is 16.4. The second-order valence-corrected chi connectivity index (χ2v) is 5.48. The number of carboxylic acid groups (broad SMARTS) is 1. The lowest BCUT2D eigenvalue weighted by molar-refractivity contribution is -0.148. The molecule has 98 valence electrons. The lowest BCUT2D eigenvalue weighted by atomic mass is 9.87. The Kier molecular flexibility index (Phi) is 4.97. The summed E-state index contributed by atoms with van der Waals surface area (Å²) in [5, 5.41) is 9.01. The molecule has 1 aliphatic rings. The van der Waals surface area contributed by atoms with Gasteiger partial charge in [0.1, 0.15) is 0 Å². The van der Waals surface area contributed by atoms with Crippen molar-refractivity contribution in [2.24, 2.45) is 17.8 Å². The van der Waals surface area contributed by atoms with Crippen LogP contribution in [0.1, 0.15) is 40.0 Å². The molecule has 1 fully saturated rings. The Bertz CT molecular complexity index is 288. The van der Waals surface area contributed by atoms with E-state index in [9.17, 15) is 9.59 Å². The number of hydrogen-bond acceptors (Lipinski definition) is 2. The number of nitrogens with zero attached hydrogens (tertiary/aromatic N) is 1. The van der Waals surface area contributed by atoms with Crippen LogP contribution >= 0.6 is 0 Å². The number of carbonyl (C=O) groups excluding carboxylic acids is 1. The second-order valence-electron chi connectivity index (χ2n) is 5.48. The average molecular weight is 241 g/mol. The zero-order chi connectivity index (χ0) is 13.0. The monoisotopic (exact) mass is 241 g/mol. The van der Waals surface area contributed by atoms with Gasteiger partial charge in [-0.2, -0.15) is 0 Å². The van der Waals surface area contributed by atoms with Crippen LogP contribution in [0.3, 0.4) is 0 Å². The van der Waals surface area contributed by atoms with Gasteiger partial charge < -0.3 is 10.0 Å². The van der Waals surface area contributed by atoms with Gasteiger partial charge in [0.25, 0.3) is 0 Å². The minimum absolute atomic E-state index is 0.0595. The highest BCUT2D eigenvalue weighted by molar-refractivity contribution is 5.77. The fourth-order valence-corrected chi connectivity index (χ4v) is 2.31. The van der Waals surface area contributed by atoms with Gasteiger partial charge in [-0.05, 0) is 24.7 Å². The van der Waals surface area contributed by atoms with Crippen molar-refractivity contribution in [3.8, 4) is 0 Å².